The Hall–Kier alpha value is -1.02. The number of hydrogen-bond donors (Lipinski definition) is 0. The average molecular weight is 340 g/mol. The van der Waals surface area contributed by atoms with E-state index in [1.54, 1.807) is 16.7 Å². The van der Waals surface area contributed by atoms with E-state index in [0.29, 0.717) is 32.9 Å². The quantitative estimate of drug-likeness (QED) is 0.811. The number of nitrogens with zero attached hydrogens (tertiary/aromatic N) is 2. The van der Waals surface area contributed by atoms with Crippen LogP contribution in [0.25, 0.3) is 0 Å². The van der Waals surface area contributed by atoms with E-state index in [9.17, 15) is 8.42 Å². The summed E-state index contributed by atoms with van der Waals surface area (Å²) in [5.74, 6) is 0. The van der Waals surface area contributed by atoms with Gasteiger partial charge in [-0.05, 0) is 36.3 Å². The average Bonchev–Trinajstić information content (AvgIpc) is 2.91. The first-order valence-electron chi connectivity index (χ1n) is 8.00. The normalized spacial score (nSPS) is 25.0. The Kier molecular flexibility index (Phi) is 5.01. The minimum Gasteiger partial charge on any atom is -0.375 e. The second-order valence-corrected chi connectivity index (χ2v) is 8.66. The lowest BCUT2D eigenvalue weighted by atomic mass is 9.77. The van der Waals surface area contributed by atoms with Crippen LogP contribution in [0.5, 0.6) is 0 Å². The summed E-state index contributed by atoms with van der Waals surface area (Å²) in [5.41, 5.74) is 1.19. The number of ether oxygens (including phenoxy) is 2. The SMILES string of the molecule is CS(=O)(=O)N1CCC2(CC1)CO[C@H](COCc1cccnc1)C2. The smallest absolute Gasteiger partial charge is 0.211 e. The van der Waals surface area contributed by atoms with Gasteiger partial charge in [0.05, 0.1) is 32.2 Å². The van der Waals surface area contributed by atoms with Crippen LogP contribution in [0.15, 0.2) is 24.5 Å². The number of pyridine rings is 1. The molecule has 0 N–H and O–H groups in total. The van der Waals surface area contributed by atoms with E-state index in [1.165, 1.54) is 6.26 Å². The molecule has 1 aromatic rings. The molecule has 2 fully saturated rings. The Balaban J connectivity index is 1.44. The van der Waals surface area contributed by atoms with Gasteiger partial charge in [0.1, 0.15) is 0 Å². The summed E-state index contributed by atoms with van der Waals surface area (Å²) in [6, 6.07) is 3.89. The fourth-order valence-corrected chi connectivity index (χ4v) is 4.28. The van der Waals surface area contributed by atoms with Crippen molar-refractivity contribution >= 4 is 10.0 Å². The van der Waals surface area contributed by atoms with Gasteiger partial charge in [-0.3, -0.25) is 4.98 Å². The van der Waals surface area contributed by atoms with Crippen molar-refractivity contribution < 1.29 is 17.9 Å². The topological polar surface area (TPSA) is 68.7 Å². The molecule has 0 saturated carbocycles. The molecule has 1 aromatic heterocycles. The van der Waals surface area contributed by atoms with E-state index >= 15 is 0 Å². The molecule has 23 heavy (non-hydrogen) atoms. The minimum absolute atomic E-state index is 0.108. The molecule has 128 valence electrons. The summed E-state index contributed by atoms with van der Waals surface area (Å²) >= 11 is 0. The van der Waals surface area contributed by atoms with Gasteiger partial charge in [-0.15, -0.1) is 0 Å². The molecule has 6 nitrogen and oxygen atoms in total. The number of piperidine rings is 1. The number of rotatable bonds is 5. The summed E-state index contributed by atoms with van der Waals surface area (Å²) in [6.45, 7) is 3.04. The van der Waals surface area contributed by atoms with Crippen molar-refractivity contribution in [3.8, 4) is 0 Å². The van der Waals surface area contributed by atoms with E-state index in [1.807, 2.05) is 12.1 Å². The lowest BCUT2D eigenvalue weighted by Gasteiger charge is -2.37. The molecule has 1 atom stereocenters. The van der Waals surface area contributed by atoms with Gasteiger partial charge in [0, 0.05) is 25.5 Å². The first kappa shape index (κ1) is 16.8. The second-order valence-electron chi connectivity index (χ2n) is 6.68. The Morgan fingerprint density at radius 3 is 2.87 bits per heavy atom. The number of hydrogen-bond acceptors (Lipinski definition) is 5. The van der Waals surface area contributed by atoms with Crippen molar-refractivity contribution in [1.82, 2.24) is 9.29 Å². The van der Waals surface area contributed by atoms with E-state index in [4.69, 9.17) is 9.47 Å². The van der Waals surface area contributed by atoms with Gasteiger partial charge in [0.15, 0.2) is 0 Å². The standard InChI is InChI=1S/C16H24N2O4S/c1-23(19,20)18-7-4-16(5-8-18)9-15(22-13-16)12-21-11-14-3-2-6-17-10-14/h2-3,6,10,15H,4-5,7-9,11-13H2,1H3/t15-/m0/s1. The molecule has 2 aliphatic rings. The molecular formula is C16H24N2O4S. The zero-order valence-corrected chi connectivity index (χ0v) is 14.3. The van der Waals surface area contributed by atoms with Crippen LogP contribution in [0, 0.1) is 5.41 Å². The maximum Gasteiger partial charge on any atom is 0.211 e. The summed E-state index contributed by atoms with van der Waals surface area (Å²) in [5, 5.41) is 0. The maximum absolute atomic E-state index is 11.6. The van der Waals surface area contributed by atoms with Gasteiger partial charge < -0.3 is 9.47 Å². The summed E-state index contributed by atoms with van der Waals surface area (Å²) in [6.07, 6.45) is 7.64. The van der Waals surface area contributed by atoms with Gasteiger partial charge >= 0.3 is 0 Å². The fraction of sp³-hybridized carbons (Fsp3) is 0.688. The van der Waals surface area contributed by atoms with Gasteiger partial charge in [-0.25, -0.2) is 12.7 Å². The molecular weight excluding hydrogens is 316 g/mol. The van der Waals surface area contributed by atoms with E-state index in [-0.39, 0.29) is 11.5 Å². The van der Waals surface area contributed by atoms with E-state index in [2.05, 4.69) is 4.98 Å². The molecule has 0 bridgehead atoms. The number of sulfonamides is 1. The lowest BCUT2D eigenvalue weighted by Crippen LogP contribution is -2.43. The van der Waals surface area contributed by atoms with Gasteiger partial charge in [-0.1, -0.05) is 6.07 Å². The first-order chi connectivity index (χ1) is 11.0. The summed E-state index contributed by atoms with van der Waals surface area (Å²) < 4.78 is 36.4. The Morgan fingerprint density at radius 2 is 2.22 bits per heavy atom. The summed E-state index contributed by atoms with van der Waals surface area (Å²) in [7, 11) is -3.07. The Morgan fingerprint density at radius 1 is 1.43 bits per heavy atom. The highest BCUT2D eigenvalue weighted by molar-refractivity contribution is 7.88. The molecule has 3 heterocycles. The molecule has 3 rings (SSSR count). The van der Waals surface area contributed by atoms with Crippen LogP contribution in [-0.4, -0.2) is 56.4 Å². The van der Waals surface area contributed by atoms with Crippen molar-refractivity contribution in [3.05, 3.63) is 30.1 Å². The minimum atomic E-state index is -3.07. The van der Waals surface area contributed by atoms with Crippen LogP contribution in [0.3, 0.4) is 0 Å². The Bertz CT molecular complexity index is 612. The molecule has 0 amide bonds. The fourth-order valence-electron chi connectivity index (χ4n) is 3.43. The molecule has 0 aromatic carbocycles. The van der Waals surface area contributed by atoms with Crippen molar-refractivity contribution in [2.24, 2.45) is 5.41 Å². The summed E-state index contributed by atoms with van der Waals surface area (Å²) in [4.78, 5) is 4.07. The van der Waals surface area contributed by atoms with Crippen LogP contribution in [-0.2, 0) is 26.1 Å². The van der Waals surface area contributed by atoms with Crippen molar-refractivity contribution in [3.63, 3.8) is 0 Å². The molecule has 1 spiro atoms. The maximum atomic E-state index is 11.6. The van der Waals surface area contributed by atoms with Crippen molar-refractivity contribution in [2.45, 2.75) is 32.0 Å². The van der Waals surface area contributed by atoms with Crippen LogP contribution in [0.2, 0.25) is 0 Å². The monoisotopic (exact) mass is 340 g/mol. The molecule has 2 saturated heterocycles. The van der Waals surface area contributed by atoms with Gasteiger partial charge in [0.25, 0.3) is 0 Å². The predicted molar refractivity (Wildman–Crippen MR) is 86.3 cm³/mol. The molecule has 2 aliphatic heterocycles. The largest absolute Gasteiger partial charge is 0.375 e. The van der Waals surface area contributed by atoms with Crippen molar-refractivity contribution in [2.75, 3.05) is 32.6 Å². The first-order valence-corrected chi connectivity index (χ1v) is 9.85. The van der Waals surface area contributed by atoms with Gasteiger partial charge in [-0.2, -0.15) is 0 Å². The van der Waals surface area contributed by atoms with Crippen molar-refractivity contribution in [1.29, 1.82) is 0 Å². The zero-order chi connectivity index (χ0) is 16.3. The van der Waals surface area contributed by atoms with Crippen LogP contribution in [0.1, 0.15) is 24.8 Å². The third-order valence-corrected chi connectivity index (χ3v) is 6.14. The van der Waals surface area contributed by atoms with Crippen LogP contribution >= 0.6 is 0 Å². The molecule has 0 aliphatic carbocycles. The third kappa shape index (κ3) is 4.29. The Labute approximate surface area is 137 Å². The second kappa shape index (κ2) is 6.84. The zero-order valence-electron chi connectivity index (χ0n) is 13.5. The number of aromatic nitrogens is 1. The highest BCUT2D eigenvalue weighted by Crippen LogP contribution is 2.42. The molecule has 7 heteroatoms. The highest BCUT2D eigenvalue weighted by Gasteiger charge is 2.43. The lowest BCUT2D eigenvalue weighted by molar-refractivity contribution is 0.00728. The predicted octanol–water partition coefficient (Wildman–Crippen LogP) is 1.43. The molecule has 0 unspecified atom stereocenters. The van der Waals surface area contributed by atoms with E-state index in [0.717, 1.165) is 24.8 Å². The van der Waals surface area contributed by atoms with E-state index < -0.39 is 10.0 Å². The van der Waals surface area contributed by atoms with Gasteiger partial charge in [0.2, 0.25) is 10.0 Å². The third-order valence-electron chi connectivity index (χ3n) is 4.83. The molecule has 0 radical (unpaired) electrons. The van der Waals surface area contributed by atoms with Crippen LogP contribution in [0.4, 0.5) is 0 Å². The van der Waals surface area contributed by atoms with Crippen LogP contribution < -0.4 is 0 Å². The highest BCUT2D eigenvalue weighted by atomic mass is 32.2.